The van der Waals surface area contributed by atoms with Crippen molar-refractivity contribution in [3.8, 4) is 0 Å². The molecule has 0 bridgehead atoms. The molecule has 23 heavy (non-hydrogen) atoms. The molecule has 0 radical (unpaired) electrons. The second-order valence-corrected chi connectivity index (χ2v) is 7.55. The molecule has 0 amide bonds. The maximum Gasteiger partial charge on any atom is 0.0407 e. The summed E-state index contributed by atoms with van der Waals surface area (Å²) < 4.78 is 0. The molecule has 0 aromatic heterocycles. The van der Waals surface area contributed by atoms with Gasteiger partial charge in [-0.15, -0.1) is 0 Å². The first kappa shape index (κ1) is 17.8. The van der Waals surface area contributed by atoms with Crippen LogP contribution in [0.2, 0.25) is 5.02 Å². The zero-order valence-corrected chi connectivity index (χ0v) is 15.2. The SMILES string of the molecule is CC(CNc1ccc(Cl)cc1)NCc1ccc(C(C)(C)C)cc1. The Kier molecular flexibility index (Phi) is 6.09. The van der Waals surface area contributed by atoms with Crippen molar-refractivity contribution in [2.45, 2.75) is 45.7 Å². The summed E-state index contributed by atoms with van der Waals surface area (Å²) in [4.78, 5) is 0. The van der Waals surface area contributed by atoms with Crippen LogP contribution in [0.25, 0.3) is 0 Å². The van der Waals surface area contributed by atoms with E-state index in [1.165, 1.54) is 11.1 Å². The monoisotopic (exact) mass is 330 g/mol. The average molecular weight is 331 g/mol. The molecule has 2 nitrogen and oxygen atoms in total. The van der Waals surface area contributed by atoms with Gasteiger partial charge in [0.25, 0.3) is 0 Å². The molecule has 2 rings (SSSR count). The highest BCUT2D eigenvalue weighted by Gasteiger charge is 2.12. The van der Waals surface area contributed by atoms with Crippen molar-refractivity contribution in [2.24, 2.45) is 0 Å². The summed E-state index contributed by atoms with van der Waals surface area (Å²) in [7, 11) is 0. The minimum absolute atomic E-state index is 0.210. The number of rotatable bonds is 6. The molecule has 0 heterocycles. The van der Waals surface area contributed by atoms with E-state index in [-0.39, 0.29) is 5.41 Å². The molecule has 1 atom stereocenters. The van der Waals surface area contributed by atoms with Crippen LogP contribution in [0.4, 0.5) is 5.69 Å². The van der Waals surface area contributed by atoms with Crippen molar-refractivity contribution in [1.82, 2.24) is 5.32 Å². The van der Waals surface area contributed by atoms with Crippen molar-refractivity contribution in [1.29, 1.82) is 0 Å². The first-order chi connectivity index (χ1) is 10.8. The lowest BCUT2D eigenvalue weighted by atomic mass is 9.87. The molecule has 0 aliphatic heterocycles. The van der Waals surface area contributed by atoms with Crippen LogP contribution in [0, 0.1) is 0 Å². The molecule has 0 saturated heterocycles. The predicted octanol–water partition coefficient (Wildman–Crippen LogP) is 5.23. The molecular weight excluding hydrogens is 304 g/mol. The smallest absolute Gasteiger partial charge is 0.0407 e. The molecule has 0 fully saturated rings. The number of hydrogen-bond acceptors (Lipinski definition) is 2. The molecule has 1 unspecified atom stereocenters. The number of hydrogen-bond donors (Lipinski definition) is 2. The maximum absolute atomic E-state index is 5.89. The van der Waals surface area contributed by atoms with Crippen LogP contribution in [0.15, 0.2) is 48.5 Å². The van der Waals surface area contributed by atoms with Crippen molar-refractivity contribution >= 4 is 17.3 Å². The van der Waals surface area contributed by atoms with Gasteiger partial charge in [-0.05, 0) is 47.7 Å². The molecule has 2 aromatic carbocycles. The molecule has 124 valence electrons. The molecule has 0 spiro atoms. The normalized spacial score (nSPS) is 12.9. The van der Waals surface area contributed by atoms with Crippen molar-refractivity contribution in [2.75, 3.05) is 11.9 Å². The van der Waals surface area contributed by atoms with Crippen molar-refractivity contribution in [3.05, 3.63) is 64.7 Å². The average Bonchev–Trinajstić information content (AvgIpc) is 2.52. The Morgan fingerprint density at radius 3 is 2.13 bits per heavy atom. The molecule has 2 N–H and O–H groups in total. The second kappa shape index (κ2) is 7.85. The van der Waals surface area contributed by atoms with E-state index in [2.05, 4.69) is 62.6 Å². The Hall–Kier alpha value is -1.51. The van der Waals surface area contributed by atoms with Gasteiger partial charge in [0.2, 0.25) is 0 Å². The van der Waals surface area contributed by atoms with Gasteiger partial charge >= 0.3 is 0 Å². The number of halogens is 1. The Bertz CT molecular complexity index is 597. The number of benzene rings is 2. The van der Waals surface area contributed by atoms with E-state index in [0.717, 1.165) is 23.8 Å². The van der Waals surface area contributed by atoms with Crippen LogP contribution in [0.3, 0.4) is 0 Å². The zero-order chi connectivity index (χ0) is 16.9. The predicted molar refractivity (Wildman–Crippen MR) is 101 cm³/mol. The summed E-state index contributed by atoms with van der Waals surface area (Å²) in [5, 5.41) is 7.73. The highest BCUT2D eigenvalue weighted by molar-refractivity contribution is 6.30. The second-order valence-electron chi connectivity index (χ2n) is 7.12. The van der Waals surface area contributed by atoms with Gasteiger partial charge in [0.15, 0.2) is 0 Å². The van der Waals surface area contributed by atoms with Crippen molar-refractivity contribution < 1.29 is 0 Å². The van der Waals surface area contributed by atoms with Gasteiger partial charge in [-0.25, -0.2) is 0 Å². The van der Waals surface area contributed by atoms with Crippen LogP contribution in [0.5, 0.6) is 0 Å². The van der Waals surface area contributed by atoms with E-state index in [0.29, 0.717) is 6.04 Å². The number of anilines is 1. The fourth-order valence-corrected chi connectivity index (χ4v) is 2.45. The molecule has 2 aromatic rings. The lowest BCUT2D eigenvalue weighted by molar-refractivity contribution is 0.566. The highest BCUT2D eigenvalue weighted by Crippen LogP contribution is 2.22. The van der Waals surface area contributed by atoms with E-state index < -0.39 is 0 Å². The van der Waals surface area contributed by atoms with E-state index >= 15 is 0 Å². The fraction of sp³-hybridized carbons (Fsp3) is 0.400. The minimum atomic E-state index is 0.210. The topological polar surface area (TPSA) is 24.1 Å². The third-order valence-corrected chi connectivity index (χ3v) is 4.18. The third-order valence-electron chi connectivity index (χ3n) is 3.93. The molecule has 0 aliphatic rings. The molecule has 0 saturated carbocycles. The van der Waals surface area contributed by atoms with Crippen LogP contribution < -0.4 is 10.6 Å². The molecule has 3 heteroatoms. The zero-order valence-electron chi connectivity index (χ0n) is 14.5. The molecule has 0 aliphatic carbocycles. The summed E-state index contributed by atoms with van der Waals surface area (Å²) >= 11 is 5.89. The lowest BCUT2D eigenvalue weighted by Crippen LogP contribution is -2.32. The Balaban J connectivity index is 1.77. The standard InChI is InChI=1S/C20H27ClN2/c1-15(13-23-19-11-9-18(21)10-12-19)22-14-16-5-7-17(8-6-16)20(2,3)4/h5-12,15,22-23H,13-14H2,1-4H3. The summed E-state index contributed by atoms with van der Waals surface area (Å²) in [5.41, 5.74) is 3.99. The Labute approximate surface area is 145 Å². The van der Waals surface area contributed by atoms with Gasteiger partial charge in [0.1, 0.15) is 0 Å². The Morgan fingerprint density at radius 2 is 1.57 bits per heavy atom. The van der Waals surface area contributed by atoms with Gasteiger partial charge in [0, 0.05) is 29.8 Å². The van der Waals surface area contributed by atoms with Crippen LogP contribution in [0.1, 0.15) is 38.8 Å². The van der Waals surface area contributed by atoms with E-state index in [1.807, 2.05) is 24.3 Å². The summed E-state index contributed by atoms with van der Waals surface area (Å²) in [5.74, 6) is 0. The maximum atomic E-state index is 5.89. The fourth-order valence-electron chi connectivity index (χ4n) is 2.33. The van der Waals surface area contributed by atoms with E-state index in [1.54, 1.807) is 0 Å². The largest absolute Gasteiger partial charge is 0.383 e. The van der Waals surface area contributed by atoms with Gasteiger partial charge in [-0.2, -0.15) is 0 Å². The van der Waals surface area contributed by atoms with Crippen LogP contribution in [-0.2, 0) is 12.0 Å². The van der Waals surface area contributed by atoms with Gasteiger partial charge < -0.3 is 10.6 Å². The summed E-state index contributed by atoms with van der Waals surface area (Å²) in [6, 6.07) is 17.1. The first-order valence-corrected chi connectivity index (χ1v) is 8.54. The van der Waals surface area contributed by atoms with Gasteiger partial charge in [-0.3, -0.25) is 0 Å². The van der Waals surface area contributed by atoms with E-state index in [9.17, 15) is 0 Å². The summed E-state index contributed by atoms with van der Waals surface area (Å²) in [6.07, 6.45) is 0. The van der Waals surface area contributed by atoms with E-state index in [4.69, 9.17) is 11.6 Å². The van der Waals surface area contributed by atoms with Crippen LogP contribution >= 0.6 is 11.6 Å². The third kappa shape index (κ3) is 5.89. The van der Waals surface area contributed by atoms with Gasteiger partial charge in [-0.1, -0.05) is 56.6 Å². The molecular formula is C20H27ClN2. The Morgan fingerprint density at radius 1 is 0.957 bits per heavy atom. The minimum Gasteiger partial charge on any atom is -0.383 e. The van der Waals surface area contributed by atoms with Crippen molar-refractivity contribution in [3.63, 3.8) is 0 Å². The summed E-state index contributed by atoms with van der Waals surface area (Å²) in [6.45, 7) is 10.7. The first-order valence-electron chi connectivity index (χ1n) is 8.17. The highest BCUT2D eigenvalue weighted by atomic mass is 35.5. The van der Waals surface area contributed by atoms with Gasteiger partial charge in [0.05, 0.1) is 0 Å². The number of nitrogens with one attached hydrogen (secondary N) is 2. The quantitative estimate of drug-likeness (QED) is 0.758. The van der Waals surface area contributed by atoms with Crippen LogP contribution in [-0.4, -0.2) is 12.6 Å². The lowest BCUT2D eigenvalue weighted by Gasteiger charge is -2.20.